The molecule has 5 nitrogen and oxygen atoms in total. The second-order valence-electron chi connectivity index (χ2n) is 8.18. The van der Waals surface area contributed by atoms with Crippen LogP contribution in [0.15, 0.2) is 125 Å². The van der Waals surface area contributed by atoms with Crippen LogP contribution < -0.4 is 5.56 Å². The van der Waals surface area contributed by atoms with E-state index in [-0.39, 0.29) is 5.56 Å². The number of aromatic nitrogens is 3. The lowest BCUT2D eigenvalue weighted by molar-refractivity contribution is 0.976. The minimum Gasteiger partial charge on any atom is -0.268 e. The van der Waals surface area contributed by atoms with Crippen LogP contribution in [0.25, 0.3) is 38.4 Å². The van der Waals surface area contributed by atoms with Crippen LogP contribution >= 0.6 is 11.3 Å². The van der Waals surface area contributed by atoms with Crippen molar-refractivity contribution in [2.45, 2.75) is 0 Å². The second kappa shape index (κ2) is 9.52. The van der Waals surface area contributed by atoms with E-state index in [4.69, 9.17) is 4.98 Å². The Hall–Kier alpha value is -4.68. The molecule has 0 radical (unpaired) electrons. The molecule has 6 heteroatoms. The van der Waals surface area contributed by atoms with E-state index in [9.17, 15) is 4.79 Å². The molecule has 0 amide bonds. The van der Waals surface area contributed by atoms with Crippen LogP contribution in [0.4, 0.5) is 5.13 Å². The predicted octanol–water partition coefficient (Wildman–Crippen LogP) is 6.93. The Labute approximate surface area is 211 Å². The van der Waals surface area contributed by atoms with E-state index >= 15 is 0 Å². The van der Waals surface area contributed by atoms with Gasteiger partial charge in [0.05, 0.1) is 21.5 Å². The number of thiazole rings is 1. The van der Waals surface area contributed by atoms with E-state index in [0.717, 1.165) is 27.3 Å². The van der Waals surface area contributed by atoms with Gasteiger partial charge in [0.2, 0.25) is 5.13 Å². The maximum atomic E-state index is 13.6. The highest BCUT2D eigenvalue weighted by Crippen LogP contribution is 2.31. The van der Waals surface area contributed by atoms with Crippen molar-refractivity contribution >= 4 is 33.6 Å². The average Bonchev–Trinajstić information content (AvgIpc) is 3.42. The van der Waals surface area contributed by atoms with Gasteiger partial charge >= 0.3 is 0 Å². The average molecular weight is 485 g/mol. The first kappa shape index (κ1) is 21.8. The maximum absolute atomic E-state index is 13.6. The molecule has 0 atom stereocenters. The summed E-state index contributed by atoms with van der Waals surface area (Å²) in [5.41, 5.74) is 4.27. The van der Waals surface area contributed by atoms with E-state index in [2.05, 4.69) is 9.98 Å². The predicted molar refractivity (Wildman–Crippen MR) is 148 cm³/mol. The fourth-order valence-corrected chi connectivity index (χ4v) is 4.82. The van der Waals surface area contributed by atoms with E-state index in [0.29, 0.717) is 21.9 Å². The molecule has 0 bridgehead atoms. The number of nitrogens with zero attached hydrogens (tertiary/aromatic N) is 4. The summed E-state index contributed by atoms with van der Waals surface area (Å²) in [6, 6.07) is 35.1. The first-order valence-electron chi connectivity index (χ1n) is 11.5. The zero-order valence-electron chi connectivity index (χ0n) is 19.2. The van der Waals surface area contributed by atoms with E-state index in [1.807, 2.05) is 122 Å². The molecule has 0 aliphatic carbocycles. The molecule has 0 N–H and O–H groups in total. The van der Waals surface area contributed by atoms with Crippen molar-refractivity contribution in [2.24, 2.45) is 4.99 Å². The second-order valence-corrected chi connectivity index (χ2v) is 9.19. The Morgan fingerprint density at radius 2 is 1.44 bits per heavy atom. The first-order chi connectivity index (χ1) is 17.8. The van der Waals surface area contributed by atoms with Gasteiger partial charge in [0, 0.05) is 18.0 Å². The Bertz CT molecular complexity index is 1740. The zero-order valence-corrected chi connectivity index (χ0v) is 20.0. The molecule has 0 saturated carbocycles. The highest BCUT2D eigenvalue weighted by atomic mass is 32.1. The number of aliphatic imine (C=N–C) groups is 1. The molecule has 0 aliphatic heterocycles. The highest BCUT2D eigenvalue weighted by molar-refractivity contribution is 7.18. The van der Waals surface area contributed by atoms with Crippen molar-refractivity contribution in [2.75, 3.05) is 0 Å². The van der Waals surface area contributed by atoms with Gasteiger partial charge in [0.1, 0.15) is 5.82 Å². The van der Waals surface area contributed by atoms with Gasteiger partial charge in [-0.1, -0.05) is 96.3 Å². The van der Waals surface area contributed by atoms with Crippen molar-refractivity contribution < 1.29 is 0 Å². The summed E-state index contributed by atoms with van der Waals surface area (Å²) in [7, 11) is 0. The van der Waals surface area contributed by atoms with Gasteiger partial charge in [-0.15, -0.1) is 0 Å². The van der Waals surface area contributed by atoms with Gasteiger partial charge in [-0.2, -0.15) is 0 Å². The van der Waals surface area contributed by atoms with Crippen LogP contribution in [0, 0.1) is 0 Å². The van der Waals surface area contributed by atoms with Crippen molar-refractivity contribution in [3.05, 3.63) is 131 Å². The smallest absolute Gasteiger partial charge is 0.266 e. The van der Waals surface area contributed by atoms with Crippen LogP contribution in [0.2, 0.25) is 0 Å². The molecular formula is C30H20N4OS. The molecule has 0 saturated heterocycles. The monoisotopic (exact) mass is 484 g/mol. The molecule has 6 aromatic rings. The van der Waals surface area contributed by atoms with Crippen molar-refractivity contribution in [1.29, 1.82) is 0 Å². The lowest BCUT2D eigenvalue weighted by Crippen LogP contribution is -2.21. The van der Waals surface area contributed by atoms with Gasteiger partial charge in [0.25, 0.3) is 5.56 Å². The van der Waals surface area contributed by atoms with Crippen molar-refractivity contribution in [1.82, 2.24) is 14.5 Å². The minimum absolute atomic E-state index is 0.0949. The fraction of sp³-hybridized carbons (Fsp3) is 0. The lowest BCUT2D eigenvalue weighted by atomic mass is 10.1. The number of para-hydroxylation sites is 1. The summed E-state index contributed by atoms with van der Waals surface area (Å²) < 4.78 is 1.68. The Kier molecular flexibility index (Phi) is 5.77. The number of hydrogen-bond donors (Lipinski definition) is 0. The van der Waals surface area contributed by atoms with E-state index in [1.54, 1.807) is 4.57 Å². The molecular weight excluding hydrogens is 464 g/mol. The number of fused-ring (bicyclic) bond motifs is 1. The molecule has 2 heterocycles. The molecule has 0 spiro atoms. The molecule has 36 heavy (non-hydrogen) atoms. The maximum Gasteiger partial charge on any atom is 0.266 e. The van der Waals surface area contributed by atoms with Gasteiger partial charge in [-0.25, -0.2) is 15.0 Å². The largest absolute Gasteiger partial charge is 0.268 e. The summed E-state index contributed by atoms with van der Waals surface area (Å²) in [5, 5.41) is 1.28. The molecule has 6 rings (SSSR count). The minimum atomic E-state index is -0.0949. The fourth-order valence-electron chi connectivity index (χ4n) is 4.05. The van der Waals surface area contributed by atoms with Gasteiger partial charge in [-0.05, 0) is 35.4 Å². The van der Waals surface area contributed by atoms with Gasteiger partial charge in [-0.3, -0.25) is 9.36 Å². The molecule has 0 fully saturated rings. The van der Waals surface area contributed by atoms with Crippen molar-refractivity contribution in [3.8, 4) is 27.5 Å². The van der Waals surface area contributed by atoms with Crippen molar-refractivity contribution in [3.63, 3.8) is 0 Å². The summed E-state index contributed by atoms with van der Waals surface area (Å²) in [4.78, 5) is 28.4. The van der Waals surface area contributed by atoms with Crippen LogP contribution in [0.1, 0.15) is 5.56 Å². The number of rotatable bonds is 5. The van der Waals surface area contributed by atoms with Gasteiger partial charge < -0.3 is 0 Å². The topological polar surface area (TPSA) is 60.1 Å². The van der Waals surface area contributed by atoms with Gasteiger partial charge in [0.15, 0.2) is 0 Å². The summed E-state index contributed by atoms with van der Waals surface area (Å²) >= 11 is 1.52. The third-order valence-electron chi connectivity index (χ3n) is 5.83. The number of benzene rings is 4. The highest BCUT2D eigenvalue weighted by Gasteiger charge is 2.14. The van der Waals surface area contributed by atoms with Crippen LogP contribution in [-0.4, -0.2) is 20.7 Å². The van der Waals surface area contributed by atoms with Crippen LogP contribution in [-0.2, 0) is 0 Å². The Morgan fingerprint density at radius 3 is 2.22 bits per heavy atom. The summed E-state index contributed by atoms with van der Waals surface area (Å²) in [6.45, 7) is 0. The van der Waals surface area contributed by atoms with E-state index in [1.165, 1.54) is 11.3 Å². The van der Waals surface area contributed by atoms with Crippen LogP contribution in [0.5, 0.6) is 0 Å². The molecule has 0 unspecified atom stereocenters. The lowest BCUT2D eigenvalue weighted by Gasteiger charge is -2.14. The third-order valence-corrected chi connectivity index (χ3v) is 6.79. The Morgan fingerprint density at radius 1 is 0.750 bits per heavy atom. The Balaban J connectivity index is 1.37. The molecule has 4 aromatic carbocycles. The third kappa shape index (κ3) is 4.26. The molecule has 172 valence electrons. The summed E-state index contributed by atoms with van der Waals surface area (Å²) in [6.07, 6.45) is 3.65. The molecule has 2 aromatic heterocycles. The zero-order chi connectivity index (χ0) is 24.3. The quantitative estimate of drug-likeness (QED) is 0.249. The normalized spacial score (nSPS) is 11.3. The summed E-state index contributed by atoms with van der Waals surface area (Å²) in [5.74, 6) is 0.613. The molecule has 0 aliphatic rings. The first-order valence-corrected chi connectivity index (χ1v) is 12.3. The standard InChI is InChI=1S/C30H20N4OS/c35-29-25-13-7-8-14-26(25)33-28(23-11-5-2-6-12-23)34(29)24-17-15-22(16-18-24)27-20-32-30(36-27)31-19-21-9-3-1-4-10-21/h1-20H/b31-19+. The SMILES string of the molecule is O=c1c2ccccc2nc(-c2ccccc2)n1-c1ccc(-c2cnc(/N=C/c3ccccc3)s2)cc1. The van der Waals surface area contributed by atoms with E-state index < -0.39 is 0 Å². The number of hydrogen-bond acceptors (Lipinski definition) is 5. The van der Waals surface area contributed by atoms with Crippen LogP contribution in [0.3, 0.4) is 0 Å².